The lowest BCUT2D eigenvalue weighted by Crippen LogP contribution is -2.38. The Bertz CT molecular complexity index is 500. The van der Waals surface area contributed by atoms with Gasteiger partial charge in [-0.15, -0.1) is 0 Å². The summed E-state index contributed by atoms with van der Waals surface area (Å²) >= 11 is 0. The van der Waals surface area contributed by atoms with E-state index in [9.17, 15) is 0 Å². The largest absolute Gasteiger partial charge is 0.400 e. The molecule has 0 aromatic carbocycles. The molecule has 1 aliphatic carbocycles. The Balaban J connectivity index is 2.21. The van der Waals surface area contributed by atoms with Crippen LogP contribution in [-0.2, 0) is 0 Å². The van der Waals surface area contributed by atoms with Gasteiger partial charge in [0.1, 0.15) is 5.35 Å². The molecule has 1 fully saturated rings. The minimum absolute atomic E-state index is 0.0228. The van der Waals surface area contributed by atoms with Crippen molar-refractivity contribution in [2.45, 2.75) is 12.8 Å². The summed E-state index contributed by atoms with van der Waals surface area (Å²) in [6.45, 7) is 2.04. The van der Waals surface area contributed by atoms with Gasteiger partial charge in [-0.3, -0.25) is 9.97 Å². The van der Waals surface area contributed by atoms with Gasteiger partial charge in [0, 0.05) is 23.5 Å². The molecule has 4 nitrogen and oxygen atoms in total. The van der Waals surface area contributed by atoms with Crippen molar-refractivity contribution in [3.05, 3.63) is 23.1 Å². The van der Waals surface area contributed by atoms with Crippen LogP contribution < -0.4 is 21.7 Å². The van der Waals surface area contributed by atoms with E-state index in [0.29, 0.717) is 0 Å². The SMILES string of the molecule is NC1=c2nccnc2=CC12CCNCC2. The van der Waals surface area contributed by atoms with Crippen LogP contribution in [0.3, 0.4) is 0 Å². The van der Waals surface area contributed by atoms with E-state index in [1.807, 2.05) is 0 Å². The highest BCUT2D eigenvalue weighted by atomic mass is 14.9. The third-order valence-electron chi connectivity index (χ3n) is 3.43. The molecule has 78 valence electrons. The second kappa shape index (κ2) is 3.03. The molecule has 0 bridgehead atoms. The minimum atomic E-state index is 0.0228. The van der Waals surface area contributed by atoms with Crippen LogP contribution in [0.2, 0.25) is 0 Å². The molecule has 0 atom stereocenters. The van der Waals surface area contributed by atoms with Crippen LogP contribution in [0.5, 0.6) is 0 Å². The lowest BCUT2D eigenvalue weighted by atomic mass is 9.78. The fraction of sp³-hybridized carbons (Fsp3) is 0.455. The summed E-state index contributed by atoms with van der Waals surface area (Å²) in [5.74, 6) is 0. The summed E-state index contributed by atoms with van der Waals surface area (Å²) in [6, 6.07) is 0. The highest BCUT2D eigenvalue weighted by Gasteiger charge is 2.36. The van der Waals surface area contributed by atoms with Crippen LogP contribution in [0, 0.1) is 5.41 Å². The molecule has 15 heavy (non-hydrogen) atoms. The Labute approximate surface area is 87.9 Å². The van der Waals surface area contributed by atoms with Gasteiger partial charge in [-0.25, -0.2) is 0 Å². The summed E-state index contributed by atoms with van der Waals surface area (Å²) in [5, 5.41) is 5.20. The predicted molar refractivity (Wildman–Crippen MR) is 57.9 cm³/mol. The summed E-state index contributed by atoms with van der Waals surface area (Å²) in [6.07, 6.45) is 7.74. The first kappa shape index (κ1) is 8.85. The van der Waals surface area contributed by atoms with Crippen LogP contribution in [0.15, 0.2) is 12.4 Å². The van der Waals surface area contributed by atoms with Crippen LogP contribution in [0.1, 0.15) is 12.8 Å². The first-order chi connectivity index (χ1) is 7.32. The number of fused-ring (bicyclic) bond motifs is 1. The highest BCUT2D eigenvalue weighted by Crippen LogP contribution is 2.37. The third kappa shape index (κ3) is 1.18. The fourth-order valence-corrected chi connectivity index (χ4v) is 2.52. The van der Waals surface area contributed by atoms with E-state index in [4.69, 9.17) is 5.73 Å². The molecule has 0 saturated carbocycles. The van der Waals surface area contributed by atoms with E-state index in [0.717, 1.165) is 42.3 Å². The van der Waals surface area contributed by atoms with Gasteiger partial charge in [-0.1, -0.05) is 0 Å². The van der Waals surface area contributed by atoms with Gasteiger partial charge in [0.2, 0.25) is 0 Å². The number of hydrogen-bond acceptors (Lipinski definition) is 4. The molecule has 0 amide bonds. The highest BCUT2D eigenvalue weighted by molar-refractivity contribution is 5.64. The maximum absolute atomic E-state index is 6.21. The van der Waals surface area contributed by atoms with Gasteiger partial charge in [0.15, 0.2) is 0 Å². The lowest BCUT2D eigenvalue weighted by molar-refractivity contribution is 0.373. The maximum atomic E-state index is 6.21. The molecule has 3 rings (SSSR count). The molecule has 2 heterocycles. The van der Waals surface area contributed by atoms with E-state index in [2.05, 4.69) is 21.4 Å². The summed E-state index contributed by atoms with van der Waals surface area (Å²) in [4.78, 5) is 8.63. The molecule has 1 aromatic rings. The molecule has 1 spiro atoms. The van der Waals surface area contributed by atoms with E-state index in [-0.39, 0.29) is 5.41 Å². The van der Waals surface area contributed by atoms with Crippen LogP contribution in [-0.4, -0.2) is 23.1 Å². The Morgan fingerprint density at radius 1 is 1.20 bits per heavy atom. The zero-order valence-electron chi connectivity index (χ0n) is 8.53. The summed E-state index contributed by atoms with van der Waals surface area (Å²) < 4.78 is 0. The molecule has 1 aromatic heterocycles. The number of rotatable bonds is 0. The number of aromatic nitrogens is 2. The van der Waals surface area contributed by atoms with Crippen molar-refractivity contribution >= 4 is 11.8 Å². The van der Waals surface area contributed by atoms with E-state index < -0.39 is 0 Å². The number of nitrogens with one attached hydrogen (secondary N) is 1. The molecule has 2 aliphatic rings. The topological polar surface area (TPSA) is 63.8 Å². The van der Waals surface area contributed by atoms with Crippen LogP contribution in [0.25, 0.3) is 11.8 Å². The minimum Gasteiger partial charge on any atom is -0.400 e. The Morgan fingerprint density at radius 2 is 1.93 bits per heavy atom. The van der Waals surface area contributed by atoms with Gasteiger partial charge >= 0.3 is 0 Å². The van der Waals surface area contributed by atoms with E-state index in [1.54, 1.807) is 12.4 Å². The maximum Gasteiger partial charge on any atom is 0.108 e. The van der Waals surface area contributed by atoms with Crippen LogP contribution in [0.4, 0.5) is 0 Å². The molecule has 3 N–H and O–H groups in total. The van der Waals surface area contributed by atoms with Gasteiger partial charge in [-0.2, -0.15) is 0 Å². The number of nitrogens with two attached hydrogens (primary N) is 1. The molecule has 0 radical (unpaired) electrons. The Morgan fingerprint density at radius 3 is 2.67 bits per heavy atom. The van der Waals surface area contributed by atoms with Crippen molar-refractivity contribution in [1.29, 1.82) is 0 Å². The van der Waals surface area contributed by atoms with Crippen molar-refractivity contribution in [2.75, 3.05) is 13.1 Å². The van der Waals surface area contributed by atoms with E-state index in [1.165, 1.54) is 0 Å². The average molecular weight is 202 g/mol. The normalized spacial score (nSPS) is 22.5. The number of nitrogens with zero attached hydrogens (tertiary/aromatic N) is 2. The number of piperidine rings is 1. The Kier molecular flexibility index (Phi) is 1.79. The van der Waals surface area contributed by atoms with Crippen molar-refractivity contribution < 1.29 is 0 Å². The molecule has 4 heteroatoms. The monoisotopic (exact) mass is 202 g/mol. The van der Waals surface area contributed by atoms with Crippen molar-refractivity contribution in [3.63, 3.8) is 0 Å². The van der Waals surface area contributed by atoms with Gasteiger partial charge in [0.25, 0.3) is 0 Å². The first-order valence-electron chi connectivity index (χ1n) is 5.33. The zero-order chi connectivity index (χ0) is 10.3. The van der Waals surface area contributed by atoms with Crippen LogP contribution >= 0.6 is 0 Å². The average Bonchev–Trinajstić information content (AvgIpc) is 2.54. The predicted octanol–water partition coefficient (Wildman–Crippen LogP) is -1.29. The third-order valence-corrected chi connectivity index (χ3v) is 3.43. The standard InChI is InChI=1S/C11H14N4/c12-10-9-8(14-5-6-15-9)7-11(10)1-3-13-4-2-11/h5-7,13H,1-4,12H2. The molecular weight excluding hydrogens is 188 g/mol. The summed E-state index contributed by atoms with van der Waals surface area (Å²) in [5.41, 5.74) is 7.14. The number of hydrogen-bond donors (Lipinski definition) is 2. The second-order valence-corrected chi connectivity index (χ2v) is 4.25. The zero-order valence-corrected chi connectivity index (χ0v) is 8.53. The fourth-order valence-electron chi connectivity index (χ4n) is 2.52. The molecule has 1 saturated heterocycles. The smallest absolute Gasteiger partial charge is 0.108 e. The first-order valence-corrected chi connectivity index (χ1v) is 5.33. The second-order valence-electron chi connectivity index (χ2n) is 4.25. The van der Waals surface area contributed by atoms with Gasteiger partial charge in [-0.05, 0) is 32.0 Å². The van der Waals surface area contributed by atoms with Crippen molar-refractivity contribution in [3.8, 4) is 0 Å². The van der Waals surface area contributed by atoms with Gasteiger partial charge < -0.3 is 11.1 Å². The molecule has 1 aliphatic heterocycles. The lowest BCUT2D eigenvalue weighted by Gasteiger charge is -2.33. The molecular formula is C11H14N4. The van der Waals surface area contributed by atoms with Gasteiger partial charge in [0.05, 0.1) is 5.35 Å². The Hall–Kier alpha value is -1.42. The van der Waals surface area contributed by atoms with Crippen molar-refractivity contribution in [2.24, 2.45) is 11.1 Å². The molecule has 0 unspecified atom stereocenters. The summed E-state index contributed by atoms with van der Waals surface area (Å²) in [7, 11) is 0. The van der Waals surface area contributed by atoms with E-state index >= 15 is 0 Å². The quantitative estimate of drug-likeness (QED) is 0.549. The van der Waals surface area contributed by atoms with Crippen molar-refractivity contribution in [1.82, 2.24) is 15.3 Å².